The fourth-order valence-corrected chi connectivity index (χ4v) is 3.73. The molecule has 132 valence electrons. The molecule has 2 fully saturated rings. The Morgan fingerprint density at radius 3 is 3.08 bits per heavy atom. The van der Waals surface area contributed by atoms with Crippen molar-refractivity contribution in [1.29, 1.82) is 0 Å². The van der Waals surface area contributed by atoms with Gasteiger partial charge in [-0.1, -0.05) is 12.1 Å². The van der Waals surface area contributed by atoms with Crippen molar-refractivity contribution in [3.05, 3.63) is 41.8 Å². The van der Waals surface area contributed by atoms with Crippen LogP contribution in [0.3, 0.4) is 0 Å². The van der Waals surface area contributed by atoms with Gasteiger partial charge >= 0.3 is 0 Å². The number of halogens is 1. The molecule has 1 amide bonds. The van der Waals surface area contributed by atoms with Crippen molar-refractivity contribution in [2.45, 2.75) is 31.5 Å². The molecule has 2 saturated heterocycles. The maximum Gasteiger partial charge on any atom is 0.255 e. The third-order valence-corrected chi connectivity index (χ3v) is 4.96. The Hall–Kier alpha value is -2.25. The number of amides is 1. The van der Waals surface area contributed by atoms with Gasteiger partial charge in [0.15, 0.2) is 0 Å². The number of aromatic nitrogens is 2. The number of hydrogen-bond acceptors (Lipinski definition) is 4. The molecule has 0 radical (unpaired) electrons. The van der Waals surface area contributed by atoms with Gasteiger partial charge in [-0.3, -0.25) is 14.8 Å². The standard InChI is InChI=1S/C18H21FN4O2/c1-11-8-23-9-12(6-13(23)10-25-11)21-18(24)15-7-20-22-17(15)14-4-2-3-5-16(14)19/h2-5,7,11-13H,6,8-10H2,1H3,(H,20,22)(H,21,24)/t11-,12+,13+/m1/s1. The van der Waals surface area contributed by atoms with E-state index >= 15 is 0 Å². The second kappa shape index (κ2) is 6.57. The van der Waals surface area contributed by atoms with Crippen molar-refractivity contribution in [2.75, 3.05) is 19.7 Å². The van der Waals surface area contributed by atoms with Crippen LogP contribution < -0.4 is 5.32 Å². The van der Waals surface area contributed by atoms with Crippen LogP contribution in [0.15, 0.2) is 30.5 Å². The molecule has 25 heavy (non-hydrogen) atoms. The Kier molecular flexibility index (Phi) is 4.27. The van der Waals surface area contributed by atoms with Crippen LogP contribution in [-0.2, 0) is 4.74 Å². The third kappa shape index (κ3) is 3.17. The lowest BCUT2D eigenvalue weighted by atomic mass is 10.1. The predicted molar refractivity (Wildman–Crippen MR) is 90.6 cm³/mol. The van der Waals surface area contributed by atoms with Crippen LogP contribution in [0.2, 0.25) is 0 Å². The average Bonchev–Trinajstić information content (AvgIpc) is 3.21. The van der Waals surface area contributed by atoms with E-state index in [0.29, 0.717) is 29.5 Å². The molecule has 0 aliphatic carbocycles. The number of benzene rings is 1. The van der Waals surface area contributed by atoms with Crippen molar-refractivity contribution in [2.24, 2.45) is 0 Å². The molecule has 6 nitrogen and oxygen atoms in total. The van der Waals surface area contributed by atoms with Crippen molar-refractivity contribution in [3.8, 4) is 11.3 Å². The molecule has 0 spiro atoms. The molecule has 3 heterocycles. The highest BCUT2D eigenvalue weighted by molar-refractivity contribution is 6.00. The maximum atomic E-state index is 14.0. The monoisotopic (exact) mass is 344 g/mol. The highest BCUT2D eigenvalue weighted by Crippen LogP contribution is 2.26. The van der Waals surface area contributed by atoms with E-state index in [0.717, 1.165) is 19.5 Å². The summed E-state index contributed by atoms with van der Waals surface area (Å²) in [6, 6.07) is 6.78. The summed E-state index contributed by atoms with van der Waals surface area (Å²) in [6.45, 7) is 4.48. The zero-order chi connectivity index (χ0) is 17.4. The lowest BCUT2D eigenvalue weighted by molar-refractivity contribution is -0.0390. The number of fused-ring (bicyclic) bond motifs is 1. The summed E-state index contributed by atoms with van der Waals surface area (Å²) in [4.78, 5) is 15.1. The van der Waals surface area contributed by atoms with E-state index in [1.807, 2.05) is 0 Å². The zero-order valence-corrected chi connectivity index (χ0v) is 14.0. The quantitative estimate of drug-likeness (QED) is 0.891. The van der Waals surface area contributed by atoms with E-state index in [1.165, 1.54) is 12.3 Å². The first kappa shape index (κ1) is 16.2. The first-order chi connectivity index (χ1) is 12.1. The van der Waals surface area contributed by atoms with Crippen molar-refractivity contribution < 1.29 is 13.9 Å². The van der Waals surface area contributed by atoms with Crippen LogP contribution in [0, 0.1) is 5.82 Å². The lowest BCUT2D eigenvalue weighted by Crippen LogP contribution is -2.45. The minimum absolute atomic E-state index is 0.0646. The molecule has 2 N–H and O–H groups in total. The van der Waals surface area contributed by atoms with E-state index in [1.54, 1.807) is 18.2 Å². The fourth-order valence-electron chi connectivity index (χ4n) is 3.73. The molecule has 2 aliphatic heterocycles. The van der Waals surface area contributed by atoms with Gasteiger partial charge in [0.2, 0.25) is 0 Å². The number of H-pyrrole nitrogens is 1. The zero-order valence-electron chi connectivity index (χ0n) is 14.0. The molecule has 0 saturated carbocycles. The number of rotatable bonds is 3. The van der Waals surface area contributed by atoms with E-state index in [4.69, 9.17) is 4.74 Å². The van der Waals surface area contributed by atoms with Crippen LogP contribution in [-0.4, -0.2) is 58.9 Å². The van der Waals surface area contributed by atoms with Crippen molar-refractivity contribution in [3.63, 3.8) is 0 Å². The molecular formula is C18H21FN4O2. The first-order valence-electron chi connectivity index (χ1n) is 8.56. The van der Waals surface area contributed by atoms with E-state index in [9.17, 15) is 9.18 Å². The van der Waals surface area contributed by atoms with Gasteiger partial charge in [-0.15, -0.1) is 0 Å². The highest BCUT2D eigenvalue weighted by atomic mass is 19.1. The molecule has 7 heteroatoms. The number of carbonyl (C=O) groups is 1. The summed E-state index contributed by atoms with van der Waals surface area (Å²) in [6.07, 6.45) is 2.54. The molecular weight excluding hydrogens is 323 g/mol. The van der Waals surface area contributed by atoms with Crippen LogP contribution in [0.25, 0.3) is 11.3 Å². The summed E-state index contributed by atoms with van der Waals surface area (Å²) >= 11 is 0. The number of nitrogens with one attached hydrogen (secondary N) is 2. The summed E-state index contributed by atoms with van der Waals surface area (Å²) in [5.74, 6) is -0.615. The average molecular weight is 344 g/mol. The number of morpholine rings is 1. The normalized spacial score (nSPS) is 26.4. The van der Waals surface area contributed by atoms with Crippen molar-refractivity contribution in [1.82, 2.24) is 20.4 Å². The number of carbonyl (C=O) groups excluding carboxylic acids is 1. The number of hydrogen-bond donors (Lipinski definition) is 2. The third-order valence-electron chi connectivity index (χ3n) is 4.96. The molecule has 0 bridgehead atoms. The summed E-state index contributed by atoms with van der Waals surface area (Å²) in [5.41, 5.74) is 1.11. The Labute approximate surface area is 145 Å². The van der Waals surface area contributed by atoms with Crippen LogP contribution in [0.4, 0.5) is 4.39 Å². The SMILES string of the molecule is C[C@@H]1CN2C[C@@H](NC(=O)c3cn[nH]c3-c3ccccc3F)C[C@H]2CO1. The Morgan fingerprint density at radius 1 is 1.40 bits per heavy atom. The predicted octanol–water partition coefficient (Wildman–Crippen LogP) is 1.81. The van der Waals surface area contributed by atoms with Gasteiger partial charge in [0.25, 0.3) is 5.91 Å². The first-order valence-corrected chi connectivity index (χ1v) is 8.56. The maximum absolute atomic E-state index is 14.0. The number of ether oxygens (including phenoxy) is 1. The van der Waals surface area contributed by atoms with E-state index in [-0.39, 0.29) is 23.9 Å². The Bertz CT molecular complexity index is 778. The molecule has 1 aromatic heterocycles. The summed E-state index contributed by atoms with van der Waals surface area (Å²) in [7, 11) is 0. The van der Waals surface area contributed by atoms with Gasteiger partial charge < -0.3 is 10.1 Å². The van der Waals surface area contributed by atoms with Gasteiger partial charge in [-0.05, 0) is 25.5 Å². The number of aromatic amines is 1. The molecule has 0 unspecified atom stereocenters. The van der Waals surface area contributed by atoms with Gasteiger partial charge in [0.1, 0.15) is 5.82 Å². The second-order valence-electron chi connectivity index (χ2n) is 6.80. The van der Waals surface area contributed by atoms with Gasteiger partial charge in [0, 0.05) is 30.7 Å². The molecule has 2 aliphatic rings. The molecule has 2 aromatic rings. The highest BCUT2D eigenvalue weighted by Gasteiger charge is 2.37. The van der Waals surface area contributed by atoms with Crippen LogP contribution in [0.1, 0.15) is 23.7 Å². The molecule has 4 rings (SSSR count). The smallest absolute Gasteiger partial charge is 0.255 e. The van der Waals surface area contributed by atoms with Gasteiger partial charge in [-0.2, -0.15) is 5.10 Å². The minimum atomic E-state index is -0.384. The fraction of sp³-hybridized carbons (Fsp3) is 0.444. The van der Waals surface area contributed by atoms with Crippen LogP contribution >= 0.6 is 0 Å². The van der Waals surface area contributed by atoms with E-state index < -0.39 is 0 Å². The summed E-state index contributed by atoms with van der Waals surface area (Å²) < 4.78 is 19.7. The topological polar surface area (TPSA) is 70.2 Å². The van der Waals surface area contributed by atoms with E-state index in [2.05, 4.69) is 27.3 Å². The molecule has 3 atom stereocenters. The van der Waals surface area contributed by atoms with Crippen molar-refractivity contribution >= 4 is 5.91 Å². The molecule has 1 aromatic carbocycles. The summed E-state index contributed by atoms with van der Waals surface area (Å²) in [5, 5.41) is 9.74. The van der Waals surface area contributed by atoms with Crippen LogP contribution in [0.5, 0.6) is 0 Å². The lowest BCUT2D eigenvalue weighted by Gasteiger charge is -2.33. The van der Waals surface area contributed by atoms with Gasteiger partial charge in [0.05, 0.1) is 30.2 Å². The Balaban J connectivity index is 1.48. The second-order valence-corrected chi connectivity index (χ2v) is 6.80. The largest absolute Gasteiger partial charge is 0.376 e. The Morgan fingerprint density at radius 2 is 2.24 bits per heavy atom. The minimum Gasteiger partial charge on any atom is -0.376 e. The van der Waals surface area contributed by atoms with Gasteiger partial charge in [-0.25, -0.2) is 4.39 Å². The number of nitrogens with zero attached hydrogens (tertiary/aromatic N) is 2.